The summed E-state index contributed by atoms with van der Waals surface area (Å²) < 4.78 is 31.7. The van der Waals surface area contributed by atoms with Crippen LogP contribution in [-0.2, 0) is 16.4 Å². The van der Waals surface area contributed by atoms with Crippen molar-refractivity contribution in [2.75, 3.05) is 5.75 Å². The maximum absolute atomic E-state index is 12.1. The summed E-state index contributed by atoms with van der Waals surface area (Å²) in [5.74, 6) is 0.613. The van der Waals surface area contributed by atoms with E-state index in [-0.39, 0.29) is 17.4 Å². The molecule has 2 fully saturated rings. The number of nitrogens with one attached hydrogen (secondary N) is 1. The zero-order valence-corrected chi connectivity index (χ0v) is 13.6. The van der Waals surface area contributed by atoms with Gasteiger partial charge >= 0.3 is 5.91 Å². The summed E-state index contributed by atoms with van der Waals surface area (Å²) in [7, 11) is -3.62. The Morgan fingerprint density at radius 2 is 1.91 bits per heavy atom. The van der Waals surface area contributed by atoms with Crippen LogP contribution in [-0.4, -0.2) is 25.1 Å². The fourth-order valence-corrected chi connectivity index (χ4v) is 4.45. The first kappa shape index (κ1) is 15.5. The average molecular weight is 326 g/mol. The Morgan fingerprint density at radius 1 is 1.23 bits per heavy atom. The standard InChI is InChI=1S/C15H22N2O4S/c1-10-14(21-13(16-10)8-11-6-7-11)15(18)17-22(19,20)9-12-4-2-3-5-12/h11-12H,2-9H2,1H3,(H,17,18). The monoisotopic (exact) mass is 326 g/mol. The van der Waals surface area contributed by atoms with E-state index in [4.69, 9.17) is 4.42 Å². The summed E-state index contributed by atoms with van der Waals surface area (Å²) in [5, 5.41) is 0. The largest absolute Gasteiger partial charge is 0.435 e. The van der Waals surface area contributed by atoms with Crippen LogP contribution in [0.3, 0.4) is 0 Å². The number of carbonyl (C=O) groups is 1. The van der Waals surface area contributed by atoms with Crippen molar-refractivity contribution in [1.82, 2.24) is 9.71 Å². The van der Waals surface area contributed by atoms with E-state index in [1.807, 2.05) is 0 Å². The van der Waals surface area contributed by atoms with Crippen molar-refractivity contribution in [3.8, 4) is 0 Å². The third kappa shape index (κ3) is 3.88. The highest BCUT2D eigenvalue weighted by Crippen LogP contribution is 2.32. The lowest BCUT2D eigenvalue weighted by Gasteiger charge is -2.10. The van der Waals surface area contributed by atoms with Gasteiger partial charge in [0.2, 0.25) is 15.8 Å². The molecule has 0 radical (unpaired) electrons. The molecule has 7 heteroatoms. The van der Waals surface area contributed by atoms with Crippen molar-refractivity contribution in [2.45, 2.75) is 51.9 Å². The fourth-order valence-electron chi connectivity index (χ4n) is 3.04. The minimum absolute atomic E-state index is 0.0147. The number of carbonyl (C=O) groups excluding carboxylic acids is 1. The molecule has 0 saturated heterocycles. The molecule has 0 aromatic carbocycles. The SMILES string of the molecule is Cc1nc(CC2CC2)oc1C(=O)NS(=O)(=O)CC1CCCC1. The molecule has 0 aliphatic heterocycles. The highest BCUT2D eigenvalue weighted by atomic mass is 32.2. The Kier molecular flexibility index (Phi) is 4.25. The molecule has 0 bridgehead atoms. The van der Waals surface area contributed by atoms with Gasteiger partial charge in [-0.2, -0.15) is 0 Å². The maximum atomic E-state index is 12.1. The fraction of sp³-hybridized carbons (Fsp3) is 0.733. The van der Waals surface area contributed by atoms with Crippen molar-refractivity contribution < 1.29 is 17.6 Å². The normalized spacial score (nSPS) is 19.5. The average Bonchev–Trinajstić information content (AvgIpc) is 2.93. The smallest absolute Gasteiger partial charge is 0.302 e. The zero-order valence-electron chi connectivity index (χ0n) is 12.8. The van der Waals surface area contributed by atoms with Crippen molar-refractivity contribution in [1.29, 1.82) is 0 Å². The van der Waals surface area contributed by atoms with Gasteiger partial charge in [-0.15, -0.1) is 0 Å². The number of hydrogen-bond acceptors (Lipinski definition) is 5. The second-order valence-electron chi connectivity index (χ2n) is 6.53. The Labute approximate surface area is 130 Å². The van der Waals surface area contributed by atoms with Crippen LogP contribution < -0.4 is 4.72 Å². The molecule has 122 valence electrons. The Balaban J connectivity index is 1.63. The lowest BCUT2D eigenvalue weighted by molar-refractivity contribution is 0.0951. The number of nitrogens with zero attached hydrogens (tertiary/aromatic N) is 1. The molecule has 1 N–H and O–H groups in total. The molecule has 1 amide bonds. The molecule has 0 atom stereocenters. The third-order valence-corrected chi connectivity index (χ3v) is 5.79. The first-order valence-corrected chi connectivity index (χ1v) is 9.59. The Morgan fingerprint density at radius 3 is 2.55 bits per heavy atom. The zero-order chi connectivity index (χ0) is 15.7. The molecule has 2 aliphatic carbocycles. The van der Waals surface area contributed by atoms with Crippen LogP contribution in [0.2, 0.25) is 0 Å². The van der Waals surface area contributed by atoms with Crippen molar-refractivity contribution in [3.05, 3.63) is 17.3 Å². The number of aryl methyl sites for hydroxylation is 1. The van der Waals surface area contributed by atoms with Gasteiger partial charge in [0.1, 0.15) is 0 Å². The van der Waals surface area contributed by atoms with Gasteiger partial charge in [0.25, 0.3) is 0 Å². The molecular weight excluding hydrogens is 304 g/mol. The van der Waals surface area contributed by atoms with Gasteiger partial charge in [0.15, 0.2) is 5.89 Å². The summed E-state index contributed by atoms with van der Waals surface area (Å²) >= 11 is 0. The highest BCUT2D eigenvalue weighted by Gasteiger charge is 2.28. The lowest BCUT2D eigenvalue weighted by Crippen LogP contribution is -2.34. The molecule has 6 nitrogen and oxygen atoms in total. The molecule has 1 heterocycles. The highest BCUT2D eigenvalue weighted by molar-refractivity contribution is 7.90. The minimum atomic E-state index is -3.62. The Hall–Kier alpha value is -1.37. The quantitative estimate of drug-likeness (QED) is 0.865. The van der Waals surface area contributed by atoms with Crippen molar-refractivity contribution >= 4 is 15.9 Å². The van der Waals surface area contributed by atoms with Crippen LogP contribution in [0.25, 0.3) is 0 Å². The first-order chi connectivity index (χ1) is 10.4. The Bertz CT molecular complexity index is 655. The molecule has 2 saturated carbocycles. The van der Waals surface area contributed by atoms with E-state index in [1.54, 1.807) is 6.92 Å². The van der Waals surface area contributed by atoms with E-state index < -0.39 is 15.9 Å². The second kappa shape index (κ2) is 6.02. The van der Waals surface area contributed by atoms with Crippen LogP contribution in [0.5, 0.6) is 0 Å². The van der Waals surface area contributed by atoms with Gasteiger partial charge in [-0.05, 0) is 44.4 Å². The number of hydrogen-bond donors (Lipinski definition) is 1. The summed E-state index contributed by atoms with van der Waals surface area (Å²) in [6.45, 7) is 1.67. The van der Waals surface area contributed by atoms with E-state index in [9.17, 15) is 13.2 Å². The van der Waals surface area contributed by atoms with Crippen molar-refractivity contribution in [2.24, 2.45) is 11.8 Å². The predicted molar refractivity (Wildman–Crippen MR) is 80.9 cm³/mol. The van der Waals surface area contributed by atoms with E-state index in [0.717, 1.165) is 32.1 Å². The molecule has 3 rings (SSSR count). The van der Waals surface area contributed by atoms with Gasteiger partial charge in [0.05, 0.1) is 11.4 Å². The molecular formula is C15H22N2O4S. The lowest BCUT2D eigenvalue weighted by atomic mass is 10.1. The summed E-state index contributed by atoms with van der Waals surface area (Å²) in [6, 6.07) is 0. The number of rotatable bonds is 6. The topological polar surface area (TPSA) is 89.3 Å². The number of oxazole rings is 1. The molecule has 1 aromatic heterocycles. The van der Waals surface area contributed by atoms with E-state index >= 15 is 0 Å². The molecule has 22 heavy (non-hydrogen) atoms. The summed E-state index contributed by atoms with van der Waals surface area (Å²) in [4.78, 5) is 16.4. The number of sulfonamides is 1. The molecule has 0 unspecified atom stereocenters. The van der Waals surface area contributed by atoms with Gasteiger partial charge in [-0.25, -0.2) is 18.1 Å². The van der Waals surface area contributed by atoms with Gasteiger partial charge in [0, 0.05) is 6.42 Å². The first-order valence-electron chi connectivity index (χ1n) is 7.94. The molecule has 1 aromatic rings. The molecule has 2 aliphatic rings. The van der Waals surface area contributed by atoms with E-state index in [1.165, 1.54) is 12.8 Å². The molecule has 0 spiro atoms. The van der Waals surface area contributed by atoms with Crippen LogP contribution >= 0.6 is 0 Å². The summed E-state index contributed by atoms with van der Waals surface area (Å²) in [6.07, 6.45) is 7.03. The van der Waals surface area contributed by atoms with Crippen LogP contribution in [0, 0.1) is 18.8 Å². The third-order valence-electron chi connectivity index (χ3n) is 4.39. The van der Waals surface area contributed by atoms with Crippen LogP contribution in [0.15, 0.2) is 4.42 Å². The van der Waals surface area contributed by atoms with E-state index in [2.05, 4.69) is 9.71 Å². The van der Waals surface area contributed by atoms with E-state index in [0.29, 0.717) is 17.5 Å². The van der Waals surface area contributed by atoms with Crippen molar-refractivity contribution in [3.63, 3.8) is 0 Å². The minimum Gasteiger partial charge on any atom is -0.435 e. The summed E-state index contributed by atoms with van der Waals surface area (Å²) in [5.41, 5.74) is 0.448. The second-order valence-corrected chi connectivity index (χ2v) is 8.30. The van der Waals surface area contributed by atoms with Crippen LogP contribution in [0.1, 0.15) is 60.7 Å². The van der Waals surface area contributed by atoms with Gasteiger partial charge in [-0.3, -0.25) is 4.79 Å². The van der Waals surface area contributed by atoms with Crippen LogP contribution in [0.4, 0.5) is 0 Å². The van der Waals surface area contributed by atoms with Gasteiger partial charge in [-0.1, -0.05) is 12.8 Å². The maximum Gasteiger partial charge on any atom is 0.302 e. The number of amides is 1. The predicted octanol–water partition coefficient (Wildman–Crippen LogP) is 2.19. The van der Waals surface area contributed by atoms with Gasteiger partial charge < -0.3 is 4.42 Å². The number of aromatic nitrogens is 1.